The summed E-state index contributed by atoms with van der Waals surface area (Å²) in [5.74, 6) is 0.625. The average Bonchev–Trinajstić information content (AvgIpc) is 2.95. The molecule has 0 aliphatic heterocycles. The summed E-state index contributed by atoms with van der Waals surface area (Å²) in [6.07, 6.45) is 1.52. The summed E-state index contributed by atoms with van der Waals surface area (Å²) in [4.78, 5) is 10.9. The van der Waals surface area contributed by atoms with Crippen molar-refractivity contribution in [3.8, 4) is 11.1 Å². The molecular formula is C19H11Cl4N3S. The SMILES string of the molecule is Cc1sc2ncnc(Nc3c(Cl)cc(Cl)cc3Cl)c2c1-c1ccc(Cl)cc1. The lowest BCUT2D eigenvalue weighted by Gasteiger charge is -2.12. The largest absolute Gasteiger partial charge is 0.337 e. The Kier molecular flexibility index (Phi) is 5.19. The van der Waals surface area contributed by atoms with Crippen LogP contribution in [0.25, 0.3) is 21.3 Å². The highest BCUT2D eigenvalue weighted by Crippen LogP contribution is 2.43. The molecule has 4 aromatic rings. The van der Waals surface area contributed by atoms with Crippen LogP contribution in [-0.2, 0) is 0 Å². The van der Waals surface area contributed by atoms with Crippen molar-refractivity contribution in [2.45, 2.75) is 6.92 Å². The summed E-state index contributed by atoms with van der Waals surface area (Å²) in [6, 6.07) is 11.0. The van der Waals surface area contributed by atoms with E-state index in [0.717, 1.165) is 26.2 Å². The molecule has 0 aliphatic carbocycles. The number of halogens is 4. The van der Waals surface area contributed by atoms with E-state index < -0.39 is 0 Å². The number of benzene rings is 2. The Morgan fingerprint density at radius 1 is 0.889 bits per heavy atom. The topological polar surface area (TPSA) is 37.8 Å². The van der Waals surface area contributed by atoms with E-state index >= 15 is 0 Å². The minimum Gasteiger partial charge on any atom is -0.337 e. The standard InChI is InChI=1S/C19H11Cl4N3S/c1-9-15(10-2-4-11(20)5-3-10)16-18(24-8-25-19(16)27-9)26-17-13(22)6-12(21)7-14(17)23/h2-8H,1H3,(H,24,25,26). The number of rotatable bonds is 3. The van der Waals surface area contributed by atoms with Gasteiger partial charge in [-0.1, -0.05) is 58.5 Å². The molecule has 0 spiro atoms. The average molecular weight is 455 g/mol. The molecule has 2 aromatic heterocycles. The number of nitrogens with one attached hydrogen (secondary N) is 1. The molecule has 2 aromatic carbocycles. The molecule has 136 valence electrons. The van der Waals surface area contributed by atoms with Crippen molar-refractivity contribution in [2.75, 3.05) is 5.32 Å². The maximum Gasteiger partial charge on any atom is 0.143 e. The third-order valence-corrected chi connectivity index (χ3v) is 6.13. The van der Waals surface area contributed by atoms with Crippen LogP contribution in [0.5, 0.6) is 0 Å². The molecule has 0 fully saturated rings. The summed E-state index contributed by atoms with van der Waals surface area (Å²) >= 11 is 26.3. The lowest BCUT2D eigenvalue weighted by Crippen LogP contribution is -1.97. The molecule has 0 saturated carbocycles. The summed E-state index contributed by atoms with van der Waals surface area (Å²) in [7, 11) is 0. The molecule has 3 nitrogen and oxygen atoms in total. The molecule has 2 heterocycles. The number of hydrogen-bond acceptors (Lipinski definition) is 4. The van der Waals surface area contributed by atoms with E-state index in [1.807, 2.05) is 24.3 Å². The first kappa shape index (κ1) is 18.8. The number of nitrogens with zero attached hydrogens (tertiary/aromatic N) is 2. The van der Waals surface area contributed by atoms with Gasteiger partial charge in [0.25, 0.3) is 0 Å². The van der Waals surface area contributed by atoms with Gasteiger partial charge in [0.2, 0.25) is 0 Å². The molecule has 0 radical (unpaired) electrons. The first-order valence-electron chi connectivity index (χ1n) is 7.85. The fraction of sp³-hybridized carbons (Fsp3) is 0.0526. The Morgan fingerprint density at radius 2 is 1.56 bits per heavy atom. The molecule has 0 amide bonds. The predicted octanol–water partition coefficient (Wildman–Crippen LogP) is 8.02. The fourth-order valence-electron chi connectivity index (χ4n) is 2.88. The number of aryl methyl sites for hydroxylation is 1. The number of anilines is 2. The van der Waals surface area contributed by atoms with Crippen LogP contribution in [0.3, 0.4) is 0 Å². The lowest BCUT2D eigenvalue weighted by atomic mass is 10.0. The highest BCUT2D eigenvalue weighted by Gasteiger charge is 2.18. The van der Waals surface area contributed by atoms with Gasteiger partial charge in [-0.2, -0.15) is 0 Å². The van der Waals surface area contributed by atoms with Crippen molar-refractivity contribution in [1.82, 2.24) is 9.97 Å². The fourth-order valence-corrected chi connectivity index (χ4v) is 4.93. The maximum atomic E-state index is 6.33. The predicted molar refractivity (Wildman–Crippen MR) is 117 cm³/mol. The Morgan fingerprint density at radius 3 is 2.22 bits per heavy atom. The second-order valence-corrected chi connectivity index (χ2v) is 8.70. The van der Waals surface area contributed by atoms with Crippen LogP contribution >= 0.6 is 57.7 Å². The molecular weight excluding hydrogens is 444 g/mol. The molecule has 1 N–H and O–H groups in total. The second-order valence-electron chi connectivity index (χ2n) is 5.81. The number of aromatic nitrogens is 2. The monoisotopic (exact) mass is 453 g/mol. The summed E-state index contributed by atoms with van der Waals surface area (Å²) < 4.78 is 0. The van der Waals surface area contributed by atoms with E-state index in [2.05, 4.69) is 22.2 Å². The maximum absolute atomic E-state index is 6.33. The lowest BCUT2D eigenvalue weighted by molar-refractivity contribution is 1.23. The number of fused-ring (bicyclic) bond motifs is 1. The Labute approximate surface area is 179 Å². The summed E-state index contributed by atoms with van der Waals surface area (Å²) in [6.45, 7) is 2.06. The van der Waals surface area contributed by atoms with Gasteiger partial charge in [-0.05, 0) is 36.8 Å². The van der Waals surface area contributed by atoms with Gasteiger partial charge >= 0.3 is 0 Å². The third kappa shape index (κ3) is 3.60. The van der Waals surface area contributed by atoms with Crippen molar-refractivity contribution >= 4 is 79.5 Å². The van der Waals surface area contributed by atoms with Gasteiger partial charge in [0, 0.05) is 20.5 Å². The van der Waals surface area contributed by atoms with Gasteiger partial charge in [0.15, 0.2) is 0 Å². The molecule has 4 rings (SSSR count). The molecule has 0 bridgehead atoms. The van der Waals surface area contributed by atoms with Crippen molar-refractivity contribution in [1.29, 1.82) is 0 Å². The van der Waals surface area contributed by atoms with E-state index in [1.165, 1.54) is 6.33 Å². The minimum absolute atomic E-state index is 0.416. The number of hydrogen-bond donors (Lipinski definition) is 1. The highest BCUT2D eigenvalue weighted by atomic mass is 35.5. The summed E-state index contributed by atoms with van der Waals surface area (Å²) in [5, 5.41) is 6.15. The van der Waals surface area contributed by atoms with Crippen molar-refractivity contribution in [2.24, 2.45) is 0 Å². The van der Waals surface area contributed by atoms with Crippen LogP contribution < -0.4 is 5.32 Å². The Balaban J connectivity index is 1.91. The van der Waals surface area contributed by atoms with Crippen molar-refractivity contribution < 1.29 is 0 Å². The molecule has 8 heteroatoms. The van der Waals surface area contributed by atoms with Gasteiger partial charge in [-0.25, -0.2) is 9.97 Å². The van der Waals surface area contributed by atoms with Gasteiger partial charge in [-0.15, -0.1) is 11.3 Å². The van der Waals surface area contributed by atoms with Crippen LogP contribution in [0.2, 0.25) is 20.1 Å². The molecule has 0 saturated heterocycles. The van der Waals surface area contributed by atoms with Gasteiger partial charge in [0.1, 0.15) is 17.0 Å². The van der Waals surface area contributed by atoms with Crippen LogP contribution in [-0.4, -0.2) is 9.97 Å². The smallest absolute Gasteiger partial charge is 0.143 e. The molecule has 0 atom stereocenters. The molecule has 0 unspecified atom stereocenters. The first-order chi connectivity index (χ1) is 12.9. The van der Waals surface area contributed by atoms with Crippen LogP contribution in [0.1, 0.15) is 4.88 Å². The van der Waals surface area contributed by atoms with E-state index in [0.29, 0.717) is 31.6 Å². The van der Waals surface area contributed by atoms with E-state index in [9.17, 15) is 0 Å². The van der Waals surface area contributed by atoms with Crippen LogP contribution in [0, 0.1) is 6.92 Å². The molecule has 27 heavy (non-hydrogen) atoms. The van der Waals surface area contributed by atoms with E-state index in [-0.39, 0.29) is 0 Å². The Hall–Kier alpha value is -1.56. The van der Waals surface area contributed by atoms with Crippen LogP contribution in [0.15, 0.2) is 42.7 Å². The highest BCUT2D eigenvalue weighted by molar-refractivity contribution is 7.19. The van der Waals surface area contributed by atoms with Crippen LogP contribution in [0.4, 0.5) is 11.5 Å². The minimum atomic E-state index is 0.416. The zero-order valence-electron chi connectivity index (χ0n) is 13.9. The quantitative estimate of drug-likeness (QED) is 0.340. The third-order valence-electron chi connectivity index (χ3n) is 4.05. The van der Waals surface area contributed by atoms with Crippen molar-refractivity contribution in [3.63, 3.8) is 0 Å². The van der Waals surface area contributed by atoms with Gasteiger partial charge in [-0.3, -0.25) is 0 Å². The van der Waals surface area contributed by atoms with Gasteiger partial charge < -0.3 is 5.32 Å². The van der Waals surface area contributed by atoms with E-state index in [1.54, 1.807) is 23.5 Å². The zero-order valence-corrected chi connectivity index (χ0v) is 17.7. The van der Waals surface area contributed by atoms with Gasteiger partial charge in [0.05, 0.1) is 21.1 Å². The zero-order chi connectivity index (χ0) is 19.1. The van der Waals surface area contributed by atoms with E-state index in [4.69, 9.17) is 46.4 Å². The second kappa shape index (κ2) is 7.46. The van der Waals surface area contributed by atoms with Crippen molar-refractivity contribution in [3.05, 3.63) is 67.7 Å². The normalized spacial score (nSPS) is 11.1. The summed E-state index contributed by atoms with van der Waals surface area (Å²) in [5.41, 5.74) is 2.64. The molecule has 0 aliphatic rings. The first-order valence-corrected chi connectivity index (χ1v) is 10.2. The Bertz CT molecular complexity index is 1130. The number of thiophene rings is 1.